The lowest BCUT2D eigenvalue weighted by molar-refractivity contribution is 0.211. The minimum Gasteiger partial charge on any atom is -0.409 e. The molecule has 0 aromatic carbocycles. The molecule has 1 unspecified atom stereocenters. The van der Waals surface area contributed by atoms with Crippen molar-refractivity contribution in [2.24, 2.45) is 11.3 Å². The van der Waals surface area contributed by atoms with Crippen molar-refractivity contribution in [3.05, 3.63) is 22.2 Å². The van der Waals surface area contributed by atoms with E-state index in [1.807, 2.05) is 6.92 Å². The number of hydrogen-bond donors (Lipinski definition) is 0. The lowest BCUT2D eigenvalue weighted by Crippen LogP contribution is -2.25. The molecule has 0 spiro atoms. The Bertz CT molecular complexity index is 439. The summed E-state index contributed by atoms with van der Waals surface area (Å²) in [7, 11) is -0.960. The van der Waals surface area contributed by atoms with Crippen molar-refractivity contribution in [1.29, 1.82) is 0 Å². The summed E-state index contributed by atoms with van der Waals surface area (Å²) in [6.07, 6.45) is 5.54. The number of aryl methyl sites for hydroxylation is 1. The van der Waals surface area contributed by atoms with E-state index in [1.165, 1.54) is 0 Å². The second kappa shape index (κ2) is 8.05. The molecule has 2 atom stereocenters. The number of nitrogens with zero attached hydrogens (tertiary/aromatic N) is 1. The summed E-state index contributed by atoms with van der Waals surface area (Å²) in [4.78, 5) is 4.50. The van der Waals surface area contributed by atoms with Crippen LogP contribution < -0.4 is 0 Å². The van der Waals surface area contributed by atoms with E-state index in [2.05, 4.69) is 79.0 Å². The van der Waals surface area contributed by atoms with Crippen molar-refractivity contribution < 1.29 is 4.43 Å². The molecular formula is C15H26INOSSi. The maximum Gasteiger partial charge on any atom is 0.172 e. The fourth-order valence-electron chi connectivity index (χ4n) is 1.94. The van der Waals surface area contributed by atoms with Crippen molar-refractivity contribution in [3.8, 4) is 0 Å². The van der Waals surface area contributed by atoms with Gasteiger partial charge >= 0.3 is 0 Å². The molecule has 5 heteroatoms. The Hall–Kier alpha value is 0.277. The number of rotatable bonds is 6. The minimum atomic E-state index is -0.960. The summed E-state index contributed by atoms with van der Waals surface area (Å²) >= 11 is 4.14. The molecule has 0 bridgehead atoms. The molecule has 1 aromatic heterocycles. The molecule has 0 N–H and O–H groups in total. The van der Waals surface area contributed by atoms with Gasteiger partial charge in [0.25, 0.3) is 0 Å². The Morgan fingerprint density at radius 3 is 2.55 bits per heavy atom. The molecule has 2 nitrogen and oxygen atoms in total. The number of halogens is 1. The van der Waals surface area contributed by atoms with E-state index in [4.69, 9.17) is 4.43 Å². The maximum absolute atomic E-state index is 6.01. The van der Waals surface area contributed by atoms with Crippen LogP contribution in [0.1, 0.15) is 37.9 Å². The fraction of sp³-hybridized carbons (Fsp3) is 0.667. The normalized spacial score (nSPS) is 16.0. The third-order valence-electron chi connectivity index (χ3n) is 3.11. The first-order chi connectivity index (χ1) is 9.18. The van der Waals surface area contributed by atoms with Gasteiger partial charge in [-0.2, -0.15) is 0 Å². The van der Waals surface area contributed by atoms with Gasteiger partial charge in [0, 0.05) is 5.38 Å². The number of hydrogen-bond acceptors (Lipinski definition) is 3. The Morgan fingerprint density at radius 1 is 1.45 bits per heavy atom. The van der Waals surface area contributed by atoms with Gasteiger partial charge < -0.3 is 4.43 Å². The van der Waals surface area contributed by atoms with Crippen molar-refractivity contribution in [1.82, 2.24) is 4.98 Å². The first kappa shape index (κ1) is 18.3. The SMILES string of the molecule is Cc1nc(/C=C/[C@H](CC(I)O[SiH](C)C)C(C)(C)C)cs1. The third kappa shape index (κ3) is 6.82. The van der Waals surface area contributed by atoms with Crippen LogP contribution in [0.3, 0.4) is 0 Å². The highest BCUT2D eigenvalue weighted by Crippen LogP contribution is 2.33. The Kier molecular flexibility index (Phi) is 7.38. The standard InChI is InChI=1S/C15H26INOSSi/c1-11-17-13(10-19-11)8-7-12(15(2,3)4)9-14(16)18-20(5)6/h7-8,10,12,14,20H,9H2,1-6H3/b8-7+/t12-,14?/m1/s1. The van der Waals surface area contributed by atoms with Crippen LogP contribution >= 0.6 is 33.9 Å². The summed E-state index contributed by atoms with van der Waals surface area (Å²) < 4.78 is 6.32. The molecule has 1 heterocycles. The van der Waals surface area contributed by atoms with E-state index in [1.54, 1.807) is 11.3 Å². The quantitative estimate of drug-likeness (QED) is 0.353. The topological polar surface area (TPSA) is 22.1 Å². The zero-order valence-corrected chi connectivity index (χ0v) is 17.4. The Balaban J connectivity index is 2.72. The van der Waals surface area contributed by atoms with E-state index in [0.717, 1.165) is 17.1 Å². The Morgan fingerprint density at radius 2 is 2.10 bits per heavy atom. The molecular weight excluding hydrogens is 397 g/mol. The summed E-state index contributed by atoms with van der Waals surface area (Å²) in [6.45, 7) is 13.4. The Labute approximate surface area is 142 Å². The van der Waals surface area contributed by atoms with Crippen LogP contribution in [0.4, 0.5) is 0 Å². The van der Waals surface area contributed by atoms with Gasteiger partial charge in [0.05, 0.1) is 14.8 Å². The minimum absolute atomic E-state index is 0.243. The number of allylic oxidation sites excluding steroid dienone is 1. The van der Waals surface area contributed by atoms with Gasteiger partial charge in [0.15, 0.2) is 9.04 Å². The number of alkyl halides is 1. The monoisotopic (exact) mass is 423 g/mol. The molecule has 114 valence electrons. The highest BCUT2D eigenvalue weighted by molar-refractivity contribution is 14.1. The smallest absolute Gasteiger partial charge is 0.172 e. The summed E-state index contributed by atoms with van der Waals surface area (Å²) in [5, 5.41) is 3.24. The molecule has 0 aliphatic carbocycles. The average Bonchev–Trinajstić information content (AvgIpc) is 2.67. The second-order valence-corrected chi connectivity index (χ2v) is 11.3. The van der Waals surface area contributed by atoms with Gasteiger partial charge in [-0.1, -0.05) is 49.4 Å². The molecule has 0 saturated carbocycles. The van der Waals surface area contributed by atoms with Crippen molar-refractivity contribution in [2.45, 2.75) is 51.3 Å². The lowest BCUT2D eigenvalue weighted by atomic mass is 9.78. The summed E-state index contributed by atoms with van der Waals surface area (Å²) in [6, 6.07) is 0. The van der Waals surface area contributed by atoms with Crippen LogP contribution in [0.5, 0.6) is 0 Å². The predicted molar refractivity (Wildman–Crippen MR) is 101 cm³/mol. The second-order valence-electron chi connectivity index (χ2n) is 6.45. The largest absolute Gasteiger partial charge is 0.409 e. The van der Waals surface area contributed by atoms with E-state index in [9.17, 15) is 0 Å². The summed E-state index contributed by atoms with van der Waals surface area (Å²) in [5.74, 6) is 0.499. The number of aromatic nitrogens is 1. The van der Waals surface area contributed by atoms with Crippen molar-refractivity contribution >= 4 is 49.0 Å². The first-order valence-electron chi connectivity index (χ1n) is 7.08. The van der Waals surface area contributed by atoms with Gasteiger partial charge in [-0.05, 0) is 43.8 Å². The van der Waals surface area contributed by atoms with Gasteiger partial charge in [0.2, 0.25) is 0 Å². The van der Waals surface area contributed by atoms with Gasteiger partial charge in [-0.25, -0.2) is 4.98 Å². The van der Waals surface area contributed by atoms with Crippen LogP contribution in [0.15, 0.2) is 11.5 Å². The van der Waals surface area contributed by atoms with Crippen LogP contribution in [-0.4, -0.2) is 18.1 Å². The third-order valence-corrected chi connectivity index (χ3v) is 6.13. The fourth-order valence-corrected chi connectivity index (χ4v) is 5.53. The molecule has 0 saturated heterocycles. The van der Waals surface area contributed by atoms with Gasteiger partial charge in [-0.3, -0.25) is 0 Å². The highest BCUT2D eigenvalue weighted by atomic mass is 127. The van der Waals surface area contributed by atoms with E-state index >= 15 is 0 Å². The van der Waals surface area contributed by atoms with Crippen LogP contribution in [-0.2, 0) is 4.43 Å². The lowest BCUT2D eigenvalue weighted by Gasteiger charge is -2.30. The average molecular weight is 423 g/mol. The van der Waals surface area contributed by atoms with Crippen molar-refractivity contribution in [2.75, 3.05) is 0 Å². The van der Waals surface area contributed by atoms with Crippen LogP contribution in [0, 0.1) is 18.3 Å². The van der Waals surface area contributed by atoms with Crippen molar-refractivity contribution in [3.63, 3.8) is 0 Å². The predicted octanol–water partition coefficient (Wildman–Crippen LogP) is 5.28. The van der Waals surface area contributed by atoms with Gasteiger partial charge in [-0.15, -0.1) is 11.3 Å². The maximum atomic E-state index is 6.01. The molecule has 0 radical (unpaired) electrons. The first-order valence-corrected chi connectivity index (χ1v) is 12.0. The van der Waals surface area contributed by atoms with Gasteiger partial charge in [0.1, 0.15) is 0 Å². The van der Waals surface area contributed by atoms with Crippen LogP contribution in [0.2, 0.25) is 13.1 Å². The molecule has 0 aliphatic heterocycles. The highest BCUT2D eigenvalue weighted by Gasteiger charge is 2.25. The van der Waals surface area contributed by atoms with E-state index < -0.39 is 9.04 Å². The zero-order valence-electron chi connectivity index (χ0n) is 13.3. The molecule has 1 rings (SSSR count). The van der Waals surface area contributed by atoms with Crippen LogP contribution in [0.25, 0.3) is 6.08 Å². The number of thiazole rings is 1. The zero-order chi connectivity index (χ0) is 15.3. The molecule has 20 heavy (non-hydrogen) atoms. The molecule has 0 aliphatic rings. The van der Waals surface area contributed by atoms with E-state index in [0.29, 0.717) is 10.0 Å². The summed E-state index contributed by atoms with van der Waals surface area (Å²) in [5.41, 5.74) is 1.32. The van der Waals surface area contributed by atoms with E-state index in [-0.39, 0.29) is 5.41 Å². The molecule has 0 fully saturated rings. The molecule has 0 amide bonds. The molecule has 1 aromatic rings.